The summed E-state index contributed by atoms with van der Waals surface area (Å²) in [6.07, 6.45) is 0.769. The van der Waals surface area contributed by atoms with Gasteiger partial charge in [-0.1, -0.05) is 0 Å². The van der Waals surface area contributed by atoms with Crippen LogP contribution in [0.4, 0.5) is 0 Å². The van der Waals surface area contributed by atoms with Crippen molar-refractivity contribution in [2.45, 2.75) is 18.2 Å². The molecule has 0 atom stereocenters. The maximum absolute atomic E-state index is 11.9. The lowest BCUT2D eigenvalue weighted by atomic mass is 10.3. The molecule has 1 aromatic heterocycles. The van der Waals surface area contributed by atoms with Crippen molar-refractivity contribution in [1.29, 1.82) is 0 Å². The number of benzene rings is 1. The largest absolute Gasteiger partial charge is 0.486 e. The first-order valence-corrected chi connectivity index (χ1v) is 9.27. The Kier molecular flexibility index (Phi) is 5.40. The quantitative estimate of drug-likeness (QED) is 0.812. The standard InChI is InChI=1S/C16H18N2O3S2/c1-11-18-12(9-22-11)4-5-17-16(19)10-23-13-2-3-14-15(8-13)21-7-6-20-14/h2-3,8-9H,4-7,10H2,1H3,(H,17,19). The number of aryl methyl sites for hydroxylation is 1. The lowest BCUT2D eigenvalue weighted by molar-refractivity contribution is -0.118. The topological polar surface area (TPSA) is 60.5 Å². The lowest BCUT2D eigenvalue weighted by Gasteiger charge is -2.18. The fourth-order valence-electron chi connectivity index (χ4n) is 2.17. The smallest absolute Gasteiger partial charge is 0.230 e. The van der Waals surface area contributed by atoms with Crippen LogP contribution in [0.2, 0.25) is 0 Å². The molecule has 1 aliphatic heterocycles. The third-order valence-electron chi connectivity index (χ3n) is 3.25. The van der Waals surface area contributed by atoms with Crippen LogP contribution in [0.1, 0.15) is 10.7 Å². The monoisotopic (exact) mass is 350 g/mol. The highest BCUT2D eigenvalue weighted by Gasteiger charge is 2.12. The Balaban J connectivity index is 1.42. The minimum atomic E-state index is 0.0249. The maximum atomic E-state index is 11.9. The first kappa shape index (κ1) is 16.1. The van der Waals surface area contributed by atoms with Crippen LogP contribution in [0.25, 0.3) is 0 Å². The molecule has 2 heterocycles. The molecule has 0 aliphatic carbocycles. The number of ether oxygens (including phenoxy) is 2. The maximum Gasteiger partial charge on any atom is 0.230 e. The van der Waals surface area contributed by atoms with Gasteiger partial charge in [0.05, 0.1) is 16.5 Å². The van der Waals surface area contributed by atoms with Crippen LogP contribution in [0.3, 0.4) is 0 Å². The molecule has 1 aromatic carbocycles. The van der Waals surface area contributed by atoms with Gasteiger partial charge < -0.3 is 14.8 Å². The van der Waals surface area contributed by atoms with Crippen LogP contribution in [-0.2, 0) is 11.2 Å². The summed E-state index contributed by atoms with van der Waals surface area (Å²) in [6, 6.07) is 5.76. The fraction of sp³-hybridized carbons (Fsp3) is 0.375. The highest BCUT2D eigenvalue weighted by molar-refractivity contribution is 8.00. The normalized spacial score (nSPS) is 12.9. The Hall–Kier alpha value is -1.73. The SMILES string of the molecule is Cc1nc(CCNC(=O)CSc2ccc3c(c2)OCCO3)cs1. The molecule has 23 heavy (non-hydrogen) atoms. The summed E-state index contributed by atoms with van der Waals surface area (Å²) in [5.41, 5.74) is 1.03. The Morgan fingerprint density at radius 3 is 2.96 bits per heavy atom. The minimum Gasteiger partial charge on any atom is -0.486 e. The third kappa shape index (κ3) is 4.62. The molecule has 0 saturated carbocycles. The Morgan fingerprint density at radius 1 is 1.35 bits per heavy atom. The molecule has 0 bridgehead atoms. The zero-order chi connectivity index (χ0) is 16.1. The predicted molar refractivity (Wildman–Crippen MR) is 91.7 cm³/mol. The molecule has 0 fully saturated rings. The summed E-state index contributed by atoms with van der Waals surface area (Å²) in [6.45, 7) is 3.75. The van der Waals surface area contributed by atoms with Crippen LogP contribution in [0.15, 0.2) is 28.5 Å². The Labute approximate surface area is 143 Å². The second-order valence-electron chi connectivity index (χ2n) is 5.05. The number of nitrogens with one attached hydrogen (secondary N) is 1. The number of carbonyl (C=O) groups excluding carboxylic acids is 1. The molecule has 5 nitrogen and oxygen atoms in total. The summed E-state index contributed by atoms with van der Waals surface area (Å²) in [5.74, 6) is 1.93. The zero-order valence-corrected chi connectivity index (χ0v) is 14.5. The number of amides is 1. The molecule has 0 saturated heterocycles. The number of thioether (sulfide) groups is 1. The summed E-state index contributed by atoms with van der Waals surface area (Å²) < 4.78 is 11.0. The molecule has 1 aliphatic rings. The van der Waals surface area contributed by atoms with Crippen LogP contribution in [-0.4, -0.2) is 36.4 Å². The van der Waals surface area contributed by atoms with Gasteiger partial charge in [-0.25, -0.2) is 4.98 Å². The predicted octanol–water partition coefficient (Wildman–Crippen LogP) is 2.67. The van der Waals surface area contributed by atoms with Gasteiger partial charge in [0.15, 0.2) is 11.5 Å². The van der Waals surface area contributed by atoms with Gasteiger partial charge in [-0.3, -0.25) is 4.79 Å². The molecular weight excluding hydrogens is 332 g/mol. The van der Waals surface area contributed by atoms with Gasteiger partial charge in [0.1, 0.15) is 13.2 Å². The zero-order valence-electron chi connectivity index (χ0n) is 12.8. The second-order valence-corrected chi connectivity index (χ2v) is 7.16. The molecule has 7 heteroatoms. The number of aromatic nitrogens is 1. The summed E-state index contributed by atoms with van der Waals surface area (Å²) >= 11 is 3.12. The molecule has 0 radical (unpaired) electrons. The molecule has 0 unspecified atom stereocenters. The van der Waals surface area contributed by atoms with E-state index in [0.717, 1.165) is 33.5 Å². The van der Waals surface area contributed by atoms with E-state index in [4.69, 9.17) is 9.47 Å². The van der Waals surface area contributed by atoms with E-state index in [1.807, 2.05) is 30.5 Å². The van der Waals surface area contributed by atoms with E-state index in [-0.39, 0.29) is 5.91 Å². The molecule has 122 valence electrons. The fourth-order valence-corrected chi connectivity index (χ4v) is 3.57. The van der Waals surface area contributed by atoms with E-state index in [9.17, 15) is 4.79 Å². The molecule has 3 rings (SSSR count). The lowest BCUT2D eigenvalue weighted by Crippen LogP contribution is -2.27. The van der Waals surface area contributed by atoms with Crippen LogP contribution in [0, 0.1) is 6.92 Å². The van der Waals surface area contributed by atoms with Crippen molar-refractivity contribution in [1.82, 2.24) is 10.3 Å². The van der Waals surface area contributed by atoms with E-state index >= 15 is 0 Å². The van der Waals surface area contributed by atoms with Crippen molar-refractivity contribution in [2.75, 3.05) is 25.5 Å². The van der Waals surface area contributed by atoms with Gasteiger partial charge in [-0.05, 0) is 25.1 Å². The summed E-state index contributed by atoms with van der Waals surface area (Å²) in [5, 5.41) is 6.01. The molecular formula is C16H18N2O3S2. The third-order valence-corrected chi connectivity index (χ3v) is 5.07. The van der Waals surface area contributed by atoms with Crippen molar-refractivity contribution in [3.63, 3.8) is 0 Å². The average molecular weight is 350 g/mol. The Bertz CT molecular complexity index is 688. The number of thiazole rings is 1. The van der Waals surface area contributed by atoms with E-state index in [2.05, 4.69) is 10.3 Å². The van der Waals surface area contributed by atoms with E-state index in [0.29, 0.717) is 25.5 Å². The van der Waals surface area contributed by atoms with Gasteiger partial charge in [-0.15, -0.1) is 23.1 Å². The van der Waals surface area contributed by atoms with Crippen molar-refractivity contribution >= 4 is 29.0 Å². The number of carbonyl (C=O) groups is 1. The van der Waals surface area contributed by atoms with E-state index in [1.54, 1.807) is 11.3 Å². The van der Waals surface area contributed by atoms with Crippen molar-refractivity contribution in [3.8, 4) is 11.5 Å². The highest BCUT2D eigenvalue weighted by Crippen LogP contribution is 2.34. The van der Waals surface area contributed by atoms with Gasteiger partial charge in [0.2, 0.25) is 5.91 Å². The number of hydrogen-bond acceptors (Lipinski definition) is 6. The summed E-state index contributed by atoms with van der Waals surface area (Å²) in [4.78, 5) is 17.3. The molecule has 1 N–H and O–H groups in total. The highest BCUT2D eigenvalue weighted by atomic mass is 32.2. The van der Waals surface area contributed by atoms with Crippen molar-refractivity contribution < 1.29 is 14.3 Å². The average Bonchev–Trinajstić information content (AvgIpc) is 2.98. The first-order valence-electron chi connectivity index (χ1n) is 7.41. The number of nitrogens with zero attached hydrogens (tertiary/aromatic N) is 1. The molecule has 1 amide bonds. The van der Waals surface area contributed by atoms with E-state index < -0.39 is 0 Å². The molecule has 2 aromatic rings. The minimum absolute atomic E-state index is 0.0249. The van der Waals surface area contributed by atoms with Gasteiger partial charge >= 0.3 is 0 Å². The van der Waals surface area contributed by atoms with Crippen LogP contribution in [0.5, 0.6) is 11.5 Å². The van der Waals surface area contributed by atoms with Gasteiger partial charge in [0, 0.05) is 23.2 Å². The number of fused-ring (bicyclic) bond motifs is 1. The second kappa shape index (κ2) is 7.70. The van der Waals surface area contributed by atoms with Crippen molar-refractivity contribution in [2.24, 2.45) is 0 Å². The summed E-state index contributed by atoms with van der Waals surface area (Å²) in [7, 11) is 0. The van der Waals surface area contributed by atoms with Gasteiger partial charge in [0.25, 0.3) is 0 Å². The van der Waals surface area contributed by atoms with Crippen molar-refractivity contribution in [3.05, 3.63) is 34.3 Å². The number of hydrogen-bond donors (Lipinski definition) is 1. The Morgan fingerprint density at radius 2 is 2.17 bits per heavy atom. The van der Waals surface area contributed by atoms with Crippen LogP contribution < -0.4 is 14.8 Å². The molecule has 0 spiro atoms. The van der Waals surface area contributed by atoms with Gasteiger partial charge in [-0.2, -0.15) is 0 Å². The van der Waals surface area contributed by atoms with Crippen LogP contribution >= 0.6 is 23.1 Å². The van der Waals surface area contributed by atoms with E-state index in [1.165, 1.54) is 11.8 Å². The number of rotatable bonds is 6. The first-order chi connectivity index (χ1) is 11.2.